The van der Waals surface area contributed by atoms with Crippen LogP contribution in [0.15, 0.2) is 65.6 Å². The Kier molecular flexibility index (Phi) is 4.93. The number of nitrogens with two attached hydrogens (primary N) is 1. The zero-order chi connectivity index (χ0) is 15.3. The highest BCUT2D eigenvalue weighted by atomic mass is 32.2. The van der Waals surface area contributed by atoms with Gasteiger partial charge in [-0.05, 0) is 24.3 Å². The van der Waals surface area contributed by atoms with E-state index in [0.29, 0.717) is 17.1 Å². The first-order valence-corrected chi connectivity index (χ1v) is 8.28. The molecule has 0 saturated carbocycles. The summed E-state index contributed by atoms with van der Waals surface area (Å²) >= 11 is 4.86. The van der Waals surface area contributed by atoms with Gasteiger partial charge in [-0.15, -0.1) is 0 Å². The minimum atomic E-state index is -3.63. The highest BCUT2D eigenvalue weighted by Gasteiger charge is 2.24. The molecule has 0 aliphatic carbocycles. The van der Waals surface area contributed by atoms with Crippen molar-refractivity contribution in [3.63, 3.8) is 0 Å². The molecular weight excluding hydrogens is 304 g/mol. The van der Waals surface area contributed by atoms with Crippen molar-refractivity contribution in [1.82, 2.24) is 0 Å². The lowest BCUT2D eigenvalue weighted by atomic mass is 10.3. The van der Waals surface area contributed by atoms with Crippen LogP contribution in [0.1, 0.15) is 6.42 Å². The normalized spacial score (nSPS) is 11.0. The second kappa shape index (κ2) is 6.69. The molecule has 0 amide bonds. The first kappa shape index (κ1) is 15.5. The monoisotopic (exact) mass is 320 g/mol. The molecule has 0 fully saturated rings. The Morgan fingerprint density at radius 1 is 1.00 bits per heavy atom. The van der Waals surface area contributed by atoms with Crippen LogP contribution in [-0.2, 0) is 10.0 Å². The molecule has 2 aromatic rings. The number of sulfonamides is 1. The Morgan fingerprint density at radius 2 is 1.52 bits per heavy atom. The molecule has 0 bridgehead atoms. The highest BCUT2D eigenvalue weighted by Crippen LogP contribution is 2.23. The Hall–Kier alpha value is -1.92. The summed E-state index contributed by atoms with van der Waals surface area (Å²) in [6.45, 7) is 0.219. The first-order chi connectivity index (χ1) is 10.0. The van der Waals surface area contributed by atoms with Gasteiger partial charge in [-0.25, -0.2) is 8.42 Å². The molecule has 0 heterocycles. The van der Waals surface area contributed by atoms with Gasteiger partial charge < -0.3 is 5.73 Å². The van der Waals surface area contributed by atoms with Gasteiger partial charge in [0.15, 0.2) is 0 Å². The lowest BCUT2D eigenvalue weighted by molar-refractivity contribution is 0.591. The third-order valence-corrected chi connectivity index (χ3v) is 4.98. The van der Waals surface area contributed by atoms with Crippen LogP contribution in [0, 0.1) is 0 Å². The molecule has 2 rings (SSSR count). The lowest BCUT2D eigenvalue weighted by Crippen LogP contribution is -2.33. The summed E-state index contributed by atoms with van der Waals surface area (Å²) in [4.78, 5) is 0.538. The van der Waals surface area contributed by atoms with Crippen LogP contribution in [-0.4, -0.2) is 20.0 Å². The van der Waals surface area contributed by atoms with Crippen LogP contribution >= 0.6 is 12.2 Å². The number of nitrogens with zero attached hydrogens (tertiary/aromatic N) is 1. The summed E-state index contributed by atoms with van der Waals surface area (Å²) in [6, 6.07) is 17.3. The van der Waals surface area contributed by atoms with Gasteiger partial charge in [0.1, 0.15) is 0 Å². The molecule has 0 unspecified atom stereocenters. The Labute approximate surface area is 130 Å². The van der Waals surface area contributed by atoms with Gasteiger partial charge in [0, 0.05) is 13.0 Å². The van der Waals surface area contributed by atoms with Gasteiger partial charge >= 0.3 is 0 Å². The van der Waals surface area contributed by atoms with Gasteiger partial charge in [-0.3, -0.25) is 4.31 Å². The van der Waals surface area contributed by atoms with E-state index in [4.69, 9.17) is 18.0 Å². The quantitative estimate of drug-likeness (QED) is 0.831. The van der Waals surface area contributed by atoms with Crippen LogP contribution in [0.4, 0.5) is 5.69 Å². The fourth-order valence-electron chi connectivity index (χ4n) is 1.91. The van der Waals surface area contributed by atoms with Crippen LogP contribution in [0.3, 0.4) is 0 Å². The third kappa shape index (κ3) is 3.80. The zero-order valence-corrected chi connectivity index (χ0v) is 13.0. The van der Waals surface area contributed by atoms with Gasteiger partial charge in [0.05, 0.1) is 15.6 Å². The lowest BCUT2D eigenvalue weighted by Gasteiger charge is -2.24. The number of rotatable bonds is 6. The van der Waals surface area contributed by atoms with Crippen molar-refractivity contribution in [1.29, 1.82) is 0 Å². The van der Waals surface area contributed by atoms with Crippen molar-refractivity contribution in [2.75, 3.05) is 10.8 Å². The number of hydrogen-bond donors (Lipinski definition) is 1. The van der Waals surface area contributed by atoms with E-state index in [1.807, 2.05) is 6.07 Å². The van der Waals surface area contributed by atoms with Gasteiger partial charge in [-0.1, -0.05) is 48.6 Å². The molecule has 0 radical (unpaired) electrons. The Morgan fingerprint density at radius 3 is 2.05 bits per heavy atom. The van der Waals surface area contributed by atoms with E-state index in [1.54, 1.807) is 54.6 Å². The van der Waals surface area contributed by atoms with Crippen molar-refractivity contribution < 1.29 is 8.42 Å². The Balaban J connectivity index is 2.42. The maximum Gasteiger partial charge on any atom is 0.264 e. The van der Waals surface area contributed by atoms with Gasteiger partial charge in [0.2, 0.25) is 0 Å². The van der Waals surface area contributed by atoms with E-state index >= 15 is 0 Å². The molecule has 0 spiro atoms. The van der Waals surface area contributed by atoms with Crippen molar-refractivity contribution in [3.05, 3.63) is 60.7 Å². The number of hydrogen-bond acceptors (Lipinski definition) is 3. The molecule has 0 aromatic heterocycles. The largest absolute Gasteiger partial charge is 0.393 e. The zero-order valence-electron chi connectivity index (χ0n) is 11.3. The molecule has 21 heavy (non-hydrogen) atoms. The average Bonchev–Trinajstić information content (AvgIpc) is 2.49. The summed E-state index contributed by atoms with van der Waals surface area (Å²) < 4.78 is 26.9. The van der Waals surface area contributed by atoms with Gasteiger partial charge in [-0.2, -0.15) is 0 Å². The molecule has 4 nitrogen and oxygen atoms in total. The number of para-hydroxylation sites is 1. The highest BCUT2D eigenvalue weighted by molar-refractivity contribution is 7.92. The predicted molar refractivity (Wildman–Crippen MR) is 88.8 cm³/mol. The fraction of sp³-hybridized carbons (Fsp3) is 0.133. The van der Waals surface area contributed by atoms with Crippen LogP contribution in [0.25, 0.3) is 0 Å². The Bertz CT molecular complexity index is 701. The maximum absolute atomic E-state index is 12.8. The molecule has 0 saturated heterocycles. The molecule has 0 aliphatic rings. The SMILES string of the molecule is NC(=S)CCN(c1ccccc1)S(=O)(=O)c1ccccc1. The predicted octanol–water partition coefficient (Wildman–Crippen LogP) is 2.56. The molecule has 0 atom stereocenters. The van der Waals surface area contributed by atoms with Crippen LogP contribution < -0.4 is 10.0 Å². The second-order valence-electron chi connectivity index (χ2n) is 4.44. The molecule has 2 N–H and O–H groups in total. The topological polar surface area (TPSA) is 63.4 Å². The molecule has 0 aliphatic heterocycles. The van der Waals surface area contributed by atoms with Gasteiger partial charge in [0.25, 0.3) is 10.0 Å². The van der Waals surface area contributed by atoms with E-state index < -0.39 is 10.0 Å². The summed E-state index contributed by atoms with van der Waals surface area (Å²) in [5.74, 6) is 0. The third-order valence-electron chi connectivity index (χ3n) is 2.94. The summed E-state index contributed by atoms with van der Waals surface area (Å²) in [6.07, 6.45) is 0.330. The molecule has 2 aromatic carbocycles. The standard InChI is InChI=1S/C15H16N2O2S2/c16-15(20)11-12-17(13-7-3-1-4-8-13)21(18,19)14-9-5-2-6-10-14/h1-10H,11-12H2,(H2,16,20). The minimum Gasteiger partial charge on any atom is -0.393 e. The van der Waals surface area contributed by atoms with E-state index in [2.05, 4.69) is 0 Å². The van der Waals surface area contributed by atoms with E-state index in [0.717, 1.165) is 0 Å². The van der Waals surface area contributed by atoms with Crippen LogP contribution in [0.5, 0.6) is 0 Å². The smallest absolute Gasteiger partial charge is 0.264 e. The second-order valence-corrected chi connectivity index (χ2v) is 6.83. The van der Waals surface area contributed by atoms with Crippen molar-refractivity contribution in [2.45, 2.75) is 11.3 Å². The summed E-state index contributed by atoms with van der Waals surface area (Å²) in [5, 5.41) is 0. The summed E-state index contributed by atoms with van der Waals surface area (Å²) in [5.41, 5.74) is 6.11. The maximum atomic E-state index is 12.8. The first-order valence-electron chi connectivity index (χ1n) is 6.43. The van der Waals surface area contributed by atoms with Crippen molar-refractivity contribution >= 4 is 32.9 Å². The van der Waals surface area contributed by atoms with E-state index in [-0.39, 0.29) is 11.4 Å². The minimum absolute atomic E-state index is 0.219. The average molecular weight is 320 g/mol. The fourth-order valence-corrected chi connectivity index (χ4v) is 3.49. The molecular formula is C15H16N2O2S2. The van der Waals surface area contributed by atoms with Crippen LogP contribution in [0.2, 0.25) is 0 Å². The van der Waals surface area contributed by atoms with Crippen molar-refractivity contribution in [2.24, 2.45) is 5.73 Å². The van der Waals surface area contributed by atoms with Crippen molar-refractivity contribution in [3.8, 4) is 0 Å². The number of benzene rings is 2. The summed E-state index contributed by atoms with van der Waals surface area (Å²) in [7, 11) is -3.63. The van der Waals surface area contributed by atoms with E-state index in [1.165, 1.54) is 4.31 Å². The number of anilines is 1. The molecule has 110 valence electrons. The molecule has 6 heteroatoms. The van der Waals surface area contributed by atoms with E-state index in [9.17, 15) is 8.42 Å². The number of thiocarbonyl (C=S) groups is 1.